The third kappa shape index (κ3) is 4.85. The summed E-state index contributed by atoms with van der Waals surface area (Å²) in [5.41, 5.74) is 0.347. The molecule has 1 amide bonds. The van der Waals surface area contributed by atoms with E-state index in [9.17, 15) is 18.4 Å². The van der Waals surface area contributed by atoms with Gasteiger partial charge in [0.1, 0.15) is 24.8 Å². The van der Waals surface area contributed by atoms with Crippen molar-refractivity contribution < 1.29 is 32.6 Å². The first kappa shape index (κ1) is 19.3. The van der Waals surface area contributed by atoms with Gasteiger partial charge in [0.15, 0.2) is 17.6 Å². The van der Waals surface area contributed by atoms with Crippen LogP contribution < -0.4 is 14.8 Å². The maximum absolute atomic E-state index is 13.6. The Labute approximate surface area is 159 Å². The maximum atomic E-state index is 13.6. The van der Waals surface area contributed by atoms with Gasteiger partial charge in [-0.05, 0) is 42.8 Å². The number of carbonyl (C=O) groups is 2. The number of hydrogen-bond donors (Lipinski definition) is 1. The second kappa shape index (κ2) is 8.51. The van der Waals surface area contributed by atoms with E-state index in [1.54, 1.807) is 18.2 Å². The van der Waals surface area contributed by atoms with E-state index in [1.165, 1.54) is 13.0 Å². The van der Waals surface area contributed by atoms with Crippen LogP contribution in [0.4, 0.5) is 14.5 Å². The number of anilines is 1. The molecule has 2 aromatic carbocycles. The zero-order valence-electron chi connectivity index (χ0n) is 14.9. The largest absolute Gasteiger partial charge is 0.486 e. The van der Waals surface area contributed by atoms with Gasteiger partial charge in [-0.15, -0.1) is 0 Å². The Bertz CT molecular complexity index is 929. The normalized spacial score (nSPS) is 13.8. The highest BCUT2D eigenvalue weighted by Crippen LogP contribution is 2.31. The molecular formula is C20H17F2NO5. The van der Waals surface area contributed by atoms with Gasteiger partial charge in [-0.25, -0.2) is 13.6 Å². The highest BCUT2D eigenvalue weighted by molar-refractivity contribution is 5.96. The van der Waals surface area contributed by atoms with Crippen molar-refractivity contribution in [3.05, 3.63) is 59.7 Å². The van der Waals surface area contributed by atoms with Crippen molar-refractivity contribution in [3.63, 3.8) is 0 Å². The van der Waals surface area contributed by atoms with Gasteiger partial charge in [-0.2, -0.15) is 0 Å². The van der Waals surface area contributed by atoms with Gasteiger partial charge >= 0.3 is 5.97 Å². The van der Waals surface area contributed by atoms with Crippen molar-refractivity contribution in [2.45, 2.75) is 13.0 Å². The Kier molecular flexibility index (Phi) is 5.88. The molecular weight excluding hydrogens is 372 g/mol. The number of rotatable bonds is 5. The van der Waals surface area contributed by atoms with E-state index in [2.05, 4.69) is 5.32 Å². The molecule has 8 heteroatoms. The number of halogens is 2. The summed E-state index contributed by atoms with van der Waals surface area (Å²) in [5, 5.41) is 2.18. The van der Waals surface area contributed by atoms with E-state index in [1.807, 2.05) is 0 Å². The number of ether oxygens (including phenoxy) is 3. The fraction of sp³-hybridized carbons (Fsp3) is 0.200. The first-order chi connectivity index (χ1) is 13.4. The summed E-state index contributed by atoms with van der Waals surface area (Å²) in [4.78, 5) is 23.9. The van der Waals surface area contributed by atoms with E-state index >= 15 is 0 Å². The average Bonchev–Trinajstić information content (AvgIpc) is 2.69. The summed E-state index contributed by atoms with van der Waals surface area (Å²) < 4.78 is 42.6. The molecule has 28 heavy (non-hydrogen) atoms. The summed E-state index contributed by atoms with van der Waals surface area (Å²) in [6, 6.07) is 7.82. The zero-order chi connectivity index (χ0) is 20.1. The van der Waals surface area contributed by atoms with Crippen LogP contribution in [0.5, 0.6) is 11.5 Å². The van der Waals surface area contributed by atoms with Crippen LogP contribution in [0, 0.1) is 11.6 Å². The first-order valence-electron chi connectivity index (χ1n) is 8.46. The van der Waals surface area contributed by atoms with Crippen molar-refractivity contribution in [2.24, 2.45) is 0 Å². The lowest BCUT2D eigenvalue weighted by Crippen LogP contribution is -2.29. The van der Waals surface area contributed by atoms with E-state index in [0.717, 1.165) is 24.3 Å². The Balaban J connectivity index is 1.57. The quantitative estimate of drug-likeness (QED) is 0.627. The molecule has 1 atom stereocenters. The molecule has 0 bridgehead atoms. The van der Waals surface area contributed by atoms with E-state index in [4.69, 9.17) is 14.2 Å². The molecule has 1 aliphatic heterocycles. The molecule has 0 radical (unpaired) electrons. The monoisotopic (exact) mass is 389 g/mol. The number of esters is 1. The van der Waals surface area contributed by atoms with Gasteiger partial charge in [0.25, 0.3) is 5.91 Å². The average molecular weight is 389 g/mol. The summed E-state index contributed by atoms with van der Waals surface area (Å²) >= 11 is 0. The maximum Gasteiger partial charge on any atom is 0.331 e. The summed E-state index contributed by atoms with van der Waals surface area (Å²) in [6.45, 7) is 2.25. The highest BCUT2D eigenvalue weighted by Gasteiger charge is 2.18. The minimum Gasteiger partial charge on any atom is -0.486 e. The standard InChI is InChI=1S/C20H17F2NO5/c1-12(20(25)23-16-11-14(21)4-5-15(16)22)28-19(24)7-3-13-2-6-17-18(10-13)27-9-8-26-17/h2-7,10-12H,8-9H2,1H3,(H,23,25)/b7-3+/t12-/m1/s1. The van der Waals surface area contributed by atoms with Crippen LogP contribution in [-0.4, -0.2) is 31.2 Å². The summed E-state index contributed by atoms with van der Waals surface area (Å²) in [5.74, 6) is -1.86. The fourth-order valence-corrected chi connectivity index (χ4v) is 2.42. The fourth-order valence-electron chi connectivity index (χ4n) is 2.42. The van der Waals surface area contributed by atoms with Gasteiger partial charge in [-0.1, -0.05) is 6.07 Å². The molecule has 0 fully saturated rings. The van der Waals surface area contributed by atoms with Crippen molar-refractivity contribution >= 4 is 23.6 Å². The van der Waals surface area contributed by atoms with E-state index < -0.39 is 29.6 Å². The van der Waals surface area contributed by atoms with Crippen LogP contribution in [-0.2, 0) is 14.3 Å². The lowest BCUT2D eigenvalue weighted by atomic mass is 10.2. The number of amides is 1. The Morgan fingerprint density at radius 2 is 1.86 bits per heavy atom. The number of benzene rings is 2. The minimum absolute atomic E-state index is 0.334. The number of nitrogens with one attached hydrogen (secondary N) is 1. The van der Waals surface area contributed by atoms with Crippen LogP contribution in [0.15, 0.2) is 42.5 Å². The minimum atomic E-state index is -1.21. The molecule has 0 unspecified atom stereocenters. The Morgan fingerprint density at radius 3 is 2.64 bits per heavy atom. The van der Waals surface area contributed by atoms with Crippen molar-refractivity contribution in [3.8, 4) is 11.5 Å². The Hall–Kier alpha value is -3.42. The van der Waals surface area contributed by atoms with Crippen LogP contribution in [0.1, 0.15) is 12.5 Å². The molecule has 0 saturated heterocycles. The number of fused-ring (bicyclic) bond motifs is 1. The second-order valence-electron chi connectivity index (χ2n) is 5.93. The zero-order valence-corrected chi connectivity index (χ0v) is 14.9. The number of hydrogen-bond acceptors (Lipinski definition) is 5. The predicted molar refractivity (Wildman–Crippen MR) is 97.0 cm³/mol. The SMILES string of the molecule is C[C@@H](OC(=O)/C=C/c1ccc2c(c1)OCCO2)C(=O)Nc1cc(F)ccc1F. The second-order valence-corrected chi connectivity index (χ2v) is 5.93. The van der Waals surface area contributed by atoms with Crippen LogP contribution >= 0.6 is 0 Å². The highest BCUT2D eigenvalue weighted by atomic mass is 19.1. The summed E-state index contributed by atoms with van der Waals surface area (Å²) in [7, 11) is 0. The number of carbonyl (C=O) groups excluding carboxylic acids is 2. The topological polar surface area (TPSA) is 73.9 Å². The summed E-state index contributed by atoms with van der Waals surface area (Å²) in [6.07, 6.45) is 1.44. The predicted octanol–water partition coefficient (Wildman–Crippen LogP) is 3.32. The molecule has 0 saturated carbocycles. The van der Waals surface area contributed by atoms with Gasteiger partial charge in [0.05, 0.1) is 5.69 Å². The molecule has 146 valence electrons. The van der Waals surface area contributed by atoms with E-state index in [-0.39, 0.29) is 5.69 Å². The molecule has 0 spiro atoms. The molecule has 1 aliphatic rings. The van der Waals surface area contributed by atoms with Crippen molar-refractivity contribution in [1.29, 1.82) is 0 Å². The van der Waals surface area contributed by atoms with Crippen LogP contribution in [0.25, 0.3) is 6.08 Å². The van der Waals surface area contributed by atoms with E-state index in [0.29, 0.717) is 30.3 Å². The Morgan fingerprint density at radius 1 is 1.11 bits per heavy atom. The smallest absolute Gasteiger partial charge is 0.331 e. The van der Waals surface area contributed by atoms with Gasteiger partial charge in [-0.3, -0.25) is 4.79 Å². The molecule has 2 aromatic rings. The van der Waals surface area contributed by atoms with Crippen molar-refractivity contribution in [2.75, 3.05) is 18.5 Å². The van der Waals surface area contributed by atoms with Gasteiger partial charge in [0.2, 0.25) is 0 Å². The van der Waals surface area contributed by atoms with Crippen LogP contribution in [0.3, 0.4) is 0 Å². The third-order valence-corrected chi connectivity index (χ3v) is 3.83. The lowest BCUT2D eigenvalue weighted by Gasteiger charge is -2.18. The lowest BCUT2D eigenvalue weighted by molar-refractivity contribution is -0.148. The molecule has 1 N–H and O–H groups in total. The van der Waals surface area contributed by atoms with Gasteiger partial charge < -0.3 is 19.5 Å². The van der Waals surface area contributed by atoms with Crippen LogP contribution in [0.2, 0.25) is 0 Å². The molecule has 1 heterocycles. The van der Waals surface area contributed by atoms with Gasteiger partial charge in [0, 0.05) is 12.1 Å². The molecule has 0 aromatic heterocycles. The molecule has 6 nitrogen and oxygen atoms in total. The first-order valence-corrected chi connectivity index (χ1v) is 8.46. The molecule has 3 rings (SSSR count). The third-order valence-electron chi connectivity index (χ3n) is 3.83. The molecule has 0 aliphatic carbocycles. The van der Waals surface area contributed by atoms with Crippen molar-refractivity contribution in [1.82, 2.24) is 0 Å².